The molecule has 0 aliphatic carbocycles. The maximum atomic E-state index is 13.3. The summed E-state index contributed by atoms with van der Waals surface area (Å²) in [5.74, 6) is -3.06. The molecule has 1 heterocycles. The highest BCUT2D eigenvalue weighted by Crippen LogP contribution is 2.29. The van der Waals surface area contributed by atoms with Gasteiger partial charge in [0.05, 0.1) is 20.6 Å². The van der Waals surface area contributed by atoms with Crippen LogP contribution in [0.5, 0.6) is 0 Å². The van der Waals surface area contributed by atoms with E-state index in [9.17, 15) is 22.0 Å². The number of anilines is 2. The van der Waals surface area contributed by atoms with Gasteiger partial charge in [-0.05, 0) is 47.8 Å². The first-order valence-electron chi connectivity index (χ1n) is 7.49. The van der Waals surface area contributed by atoms with Crippen molar-refractivity contribution in [3.63, 3.8) is 0 Å². The van der Waals surface area contributed by atoms with Crippen molar-refractivity contribution < 1.29 is 22.0 Å². The lowest BCUT2D eigenvalue weighted by molar-refractivity contribution is 0.103. The van der Waals surface area contributed by atoms with E-state index < -0.39 is 32.5 Å². The standard InChI is InChI=1S/C17H10Cl2F2N2O3S2/c18-11-3-1-9(7-12(11)19)22-17(24)16-15(5-6-27-16)23-28(25,26)10-2-4-13(20)14(21)8-10/h1-8,23H,(H,22,24). The number of nitrogens with one attached hydrogen (secondary N) is 2. The van der Waals surface area contributed by atoms with Crippen LogP contribution in [0.25, 0.3) is 0 Å². The summed E-state index contributed by atoms with van der Waals surface area (Å²) in [6.45, 7) is 0. The summed E-state index contributed by atoms with van der Waals surface area (Å²) in [6, 6.07) is 8.04. The summed E-state index contributed by atoms with van der Waals surface area (Å²) in [5.41, 5.74) is 0.356. The van der Waals surface area contributed by atoms with Crippen molar-refractivity contribution in [1.29, 1.82) is 0 Å². The summed E-state index contributed by atoms with van der Waals surface area (Å²) < 4.78 is 53.4. The van der Waals surface area contributed by atoms with Gasteiger partial charge >= 0.3 is 0 Å². The normalized spacial score (nSPS) is 11.3. The monoisotopic (exact) mass is 462 g/mol. The Hall–Kier alpha value is -2.20. The molecular weight excluding hydrogens is 453 g/mol. The van der Waals surface area contributed by atoms with Gasteiger partial charge in [-0.15, -0.1) is 11.3 Å². The SMILES string of the molecule is O=C(Nc1ccc(Cl)c(Cl)c1)c1sccc1NS(=O)(=O)c1ccc(F)c(F)c1. The molecule has 2 N–H and O–H groups in total. The van der Waals surface area contributed by atoms with E-state index >= 15 is 0 Å². The predicted octanol–water partition coefficient (Wildman–Crippen LogP) is 5.39. The Kier molecular flexibility index (Phi) is 5.90. The quantitative estimate of drug-likeness (QED) is 0.533. The third-order valence-corrected chi connectivity index (χ3v) is 6.51. The molecule has 28 heavy (non-hydrogen) atoms. The number of benzene rings is 2. The molecule has 0 spiro atoms. The second-order valence-corrected chi connectivity index (χ2v) is 8.84. The van der Waals surface area contributed by atoms with Gasteiger partial charge in [-0.25, -0.2) is 17.2 Å². The van der Waals surface area contributed by atoms with Gasteiger partial charge in [-0.2, -0.15) is 0 Å². The van der Waals surface area contributed by atoms with Crippen LogP contribution in [0.2, 0.25) is 10.0 Å². The van der Waals surface area contributed by atoms with E-state index in [0.29, 0.717) is 22.8 Å². The maximum absolute atomic E-state index is 13.3. The molecule has 1 aromatic heterocycles. The van der Waals surface area contributed by atoms with Gasteiger partial charge in [-0.1, -0.05) is 23.2 Å². The number of carbonyl (C=O) groups is 1. The van der Waals surface area contributed by atoms with Crippen molar-refractivity contribution in [1.82, 2.24) is 0 Å². The van der Waals surface area contributed by atoms with E-state index in [-0.39, 0.29) is 15.6 Å². The molecule has 1 amide bonds. The number of halogens is 4. The summed E-state index contributed by atoms with van der Waals surface area (Å²) in [5, 5.41) is 4.64. The van der Waals surface area contributed by atoms with E-state index in [1.807, 2.05) is 0 Å². The van der Waals surface area contributed by atoms with Gasteiger partial charge in [0.2, 0.25) is 0 Å². The van der Waals surface area contributed by atoms with Crippen LogP contribution < -0.4 is 10.0 Å². The number of carbonyl (C=O) groups excluding carboxylic acids is 1. The number of thiophene rings is 1. The van der Waals surface area contributed by atoms with E-state index in [1.165, 1.54) is 29.6 Å². The van der Waals surface area contributed by atoms with Crippen LogP contribution in [0.3, 0.4) is 0 Å². The number of rotatable bonds is 5. The van der Waals surface area contributed by atoms with Crippen molar-refractivity contribution in [2.45, 2.75) is 4.90 Å². The van der Waals surface area contributed by atoms with E-state index in [0.717, 1.165) is 17.4 Å². The topological polar surface area (TPSA) is 75.3 Å². The molecule has 0 saturated carbocycles. The highest BCUT2D eigenvalue weighted by molar-refractivity contribution is 7.92. The Balaban J connectivity index is 1.83. The molecule has 0 aliphatic rings. The lowest BCUT2D eigenvalue weighted by atomic mass is 10.3. The van der Waals surface area contributed by atoms with Crippen LogP contribution in [0.1, 0.15) is 9.67 Å². The Morgan fingerprint density at radius 1 is 0.964 bits per heavy atom. The highest BCUT2D eigenvalue weighted by Gasteiger charge is 2.21. The fourth-order valence-electron chi connectivity index (χ4n) is 2.17. The molecule has 146 valence electrons. The fraction of sp³-hybridized carbons (Fsp3) is 0. The van der Waals surface area contributed by atoms with Gasteiger partial charge in [0, 0.05) is 5.69 Å². The van der Waals surface area contributed by atoms with Crippen LogP contribution in [0.4, 0.5) is 20.2 Å². The Morgan fingerprint density at radius 2 is 1.71 bits per heavy atom. The highest BCUT2D eigenvalue weighted by atomic mass is 35.5. The minimum absolute atomic E-state index is 0.00714. The zero-order valence-electron chi connectivity index (χ0n) is 13.7. The fourth-order valence-corrected chi connectivity index (χ4v) is 4.37. The summed E-state index contributed by atoms with van der Waals surface area (Å²) >= 11 is 12.7. The zero-order valence-corrected chi connectivity index (χ0v) is 16.8. The van der Waals surface area contributed by atoms with Crippen LogP contribution in [-0.4, -0.2) is 14.3 Å². The third kappa shape index (κ3) is 4.44. The van der Waals surface area contributed by atoms with Crippen LogP contribution in [0, 0.1) is 11.6 Å². The van der Waals surface area contributed by atoms with Crippen molar-refractivity contribution in [3.8, 4) is 0 Å². The minimum Gasteiger partial charge on any atom is -0.321 e. The molecule has 2 aromatic carbocycles. The first-order chi connectivity index (χ1) is 13.2. The summed E-state index contributed by atoms with van der Waals surface area (Å²) in [6.07, 6.45) is 0. The number of hydrogen-bond donors (Lipinski definition) is 2. The van der Waals surface area contributed by atoms with Gasteiger partial charge in [0.15, 0.2) is 11.6 Å². The molecule has 3 rings (SSSR count). The predicted molar refractivity (Wildman–Crippen MR) is 106 cm³/mol. The molecule has 0 saturated heterocycles. The lowest BCUT2D eigenvalue weighted by Gasteiger charge is -2.10. The molecule has 0 aliphatic heterocycles. The molecular formula is C17H10Cl2F2N2O3S2. The first kappa shape index (κ1) is 20.5. The van der Waals surface area contributed by atoms with Crippen LogP contribution in [-0.2, 0) is 10.0 Å². The van der Waals surface area contributed by atoms with Gasteiger partial charge in [0.1, 0.15) is 4.88 Å². The molecule has 3 aromatic rings. The number of amides is 1. The molecule has 0 unspecified atom stereocenters. The van der Waals surface area contributed by atoms with Crippen molar-refractivity contribution in [2.75, 3.05) is 10.0 Å². The molecule has 0 atom stereocenters. The van der Waals surface area contributed by atoms with Crippen molar-refractivity contribution >= 4 is 61.8 Å². The van der Waals surface area contributed by atoms with Gasteiger partial charge < -0.3 is 5.32 Å². The minimum atomic E-state index is -4.23. The van der Waals surface area contributed by atoms with E-state index in [2.05, 4.69) is 10.0 Å². The zero-order chi connectivity index (χ0) is 20.5. The third-order valence-electron chi connectivity index (χ3n) is 3.49. The average molecular weight is 463 g/mol. The Morgan fingerprint density at radius 3 is 2.39 bits per heavy atom. The number of hydrogen-bond acceptors (Lipinski definition) is 4. The van der Waals surface area contributed by atoms with Crippen molar-refractivity contribution in [3.05, 3.63) is 74.4 Å². The Labute approximate surface area is 173 Å². The van der Waals surface area contributed by atoms with Crippen LogP contribution in [0.15, 0.2) is 52.7 Å². The smallest absolute Gasteiger partial charge is 0.267 e. The van der Waals surface area contributed by atoms with Crippen molar-refractivity contribution in [2.24, 2.45) is 0 Å². The first-order valence-corrected chi connectivity index (χ1v) is 10.6. The van der Waals surface area contributed by atoms with E-state index in [4.69, 9.17) is 23.2 Å². The number of sulfonamides is 1. The largest absolute Gasteiger partial charge is 0.321 e. The maximum Gasteiger partial charge on any atom is 0.267 e. The lowest BCUT2D eigenvalue weighted by Crippen LogP contribution is -2.17. The van der Waals surface area contributed by atoms with Gasteiger partial charge in [0.25, 0.3) is 15.9 Å². The van der Waals surface area contributed by atoms with Crippen LogP contribution >= 0.6 is 34.5 Å². The molecule has 0 radical (unpaired) electrons. The Bertz CT molecular complexity index is 1170. The second-order valence-electron chi connectivity index (χ2n) is 5.43. The van der Waals surface area contributed by atoms with Gasteiger partial charge in [-0.3, -0.25) is 9.52 Å². The molecule has 5 nitrogen and oxygen atoms in total. The molecule has 0 bridgehead atoms. The molecule has 11 heteroatoms. The second kappa shape index (κ2) is 8.04. The van der Waals surface area contributed by atoms with E-state index in [1.54, 1.807) is 0 Å². The summed E-state index contributed by atoms with van der Waals surface area (Å²) in [7, 11) is -4.23. The average Bonchev–Trinajstić information content (AvgIpc) is 3.08. The summed E-state index contributed by atoms with van der Waals surface area (Å²) in [4.78, 5) is 12.1. The molecule has 0 fully saturated rings.